The van der Waals surface area contributed by atoms with Gasteiger partial charge >= 0.3 is 0 Å². The molecule has 1 fully saturated rings. The Morgan fingerprint density at radius 2 is 1.38 bits per heavy atom. The second-order valence-electron chi connectivity index (χ2n) is 6.14. The van der Waals surface area contributed by atoms with Gasteiger partial charge in [0.2, 0.25) is 0 Å². The molecule has 0 amide bonds. The molecule has 2 rings (SSSR count). The van der Waals surface area contributed by atoms with Gasteiger partial charge in [0, 0.05) is 0 Å². The van der Waals surface area contributed by atoms with Crippen molar-refractivity contribution in [3.05, 3.63) is 0 Å². The first kappa shape index (κ1) is 11.9. The fourth-order valence-corrected chi connectivity index (χ4v) is 5.21. The van der Waals surface area contributed by atoms with E-state index in [4.69, 9.17) is 0 Å². The summed E-state index contributed by atoms with van der Waals surface area (Å²) in [6.07, 6.45) is 0. The average molecular weight is 242 g/mol. The van der Waals surface area contributed by atoms with Gasteiger partial charge in [-0.1, -0.05) is 0 Å². The number of carbonyl (C=O) groups is 1. The van der Waals surface area contributed by atoms with Gasteiger partial charge in [-0.2, -0.15) is 10.2 Å². The van der Waals surface area contributed by atoms with Crippen LogP contribution in [-0.4, -0.2) is 19.7 Å². The van der Waals surface area contributed by atoms with Crippen LogP contribution in [0.2, 0.25) is 0 Å². The van der Waals surface area contributed by atoms with Crippen molar-refractivity contribution < 1.29 is 9.00 Å². The molecular formula is C11H18N2O2S. The number of hydrogen-bond donors (Lipinski definition) is 0. The van der Waals surface area contributed by atoms with E-state index in [1.165, 1.54) is 0 Å². The van der Waals surface area contributed by atoms with Gasteiger partial charge in [-0.05, 0) is 41.5 Å². The van der Waals surface area contributed by atoms with Crippen molar-refractivity contribution in [2.75, 3.05) is 0 Å². The van der Waals surface area contributed by atoms with Crippen LogP contribution >= 0.6 is 0 Å². The zero-order valence-electron chi connectivity index (χ0n) is 10.6. The summed E-state index contributed by atoms with van der Waals surface area (Å²) in [7, 11) is -1.26. The maximum atomic E-state index is 12.6. The first-order chi connectivity index (χ1) is 7.02. The molecule has 0 saturated heterocycles. The minimum absolute atomic E-state index is 0.116. The van der Waals surface area contributed by atoms with Crippen LogP contribution < -0.4 is 0 Å². The lowest BCUT2D eigenvalue weighted by molar-refractivity contribution is -0.159. The summed E-state index contributed by atoms with van der Waals surface area (Å²) < 4.78 is 12.6. The van der Waals surface area contributed by atoms with Crippen molar-refractivity contribution in [2.45, 2.75) is 51.3 Å². The van der Waals surface area contributed by atoms with Gasteiger partial charge in [-0.25, -0.2) is 0 Å². The minimum atomic E-state index is -1.26. The number of ketones is 1. The van der Waals surface area contributed by atoms with Gasteiger partial charge in [0.25, 0.3) is 0 Å². The molecule has 2 aliphatic rings. The standard InChI is InChI=1S/C11H18N2O2S/c1-8(2)7(14)9(3,4)11(8)13-12-10(5,6)16(11)15/h1-6H3/t16-/m1/s1. The van der Waals surface area contributed by atoms with Gasteiger partial charge in [-0.15, -0.1) is 0 Å². The normalized spacial score (nSPS) is 36.4. The van der Waals surface area contributed by atoms with Crippen molar-refractivity contribution in [1.82, 2.24) is 0 Å². The fourth-order valence-electron chi connectivity index (χ4n) is 3.15. The molecule has 1 saturated carbocycles. The summed E-state index contributed by atoms with van der Waals surface area (Å²) >= 11 is 0. The maximum Gasteiger partial charge on any atom is 0.182 e. The highest BCUT2D eigenvalue weighted by Crippen LogP contribution is 2.66. The van der Waals surface area contributed by atoms with Crippen LogP contribution in [0.15, 0.2) is 10.2 Å². The monoisotopic (exact) mass is 242 g/mol. The van der Waals surface area contributed by atoms with Gasteiger partial charge in [0.1, 0.15) is 0 Å². The molecule has 1 aliphatic carbocycles. The van der Waals surface area contributed by atoms with Gasteiger partial charge in [-0.3, -0.25) is 9.00 Å². The van der Waals surface area contributed by atoms with Crippen molar-refractivity contribution in [3.8, 4) is 0 Å². The number of nitrogens with zero attached hydrogens (tertiary/aromatic N) is 2. The van der Waals surface area contributed by atoms with Crippen LogP contribution in [0, 0.1) is 10.8 Å². The van der Waals surface area contributed by atoms with E-state index in [1.807, 2.05) is 27.7 Å². The average Bonchev–Trinajstić information content (AvgIpc) is 2.39. The highest BCUT2D eigenvalue weighted by Gasteiger charge is 2.79. The Labute approximate surface area is 98.4 Å². The molecule has 1 aliphatic heterocycles. The number of carbonyl (C=O) groups excluding carboxylic acids is 1. The van der Waals surface area contributed by atoms with E-state index in [1.54, 1.807) is 13.8 Å². The Hall–Kier alpha value is -0.580. The maximum absolute atomic E-state index is 12.6. The van der Waals surface area contributed by atoms with Crippen molar-refractivity contribution in [3.63, 3.8) is 0 Å². The molecule has 16 heavy (non-hydrogen) atoms. The highest BCUT2D eigenvalue weighted by molar-refractivity contribution is 7.88. The third kappa shape index (κ3) is 0.883. The second-order valence-corrected chi connectivity index (χ2v) is 8.27. The van der Waals surface area contributed by atoms with Crippen molar-refractivity contribution in [1.29, 1.82) is 0 Å². The Kier molecular flexibility index (Phi) is 1.96. The van der Waals surface area contributed by atoms with Crippen LogP contribution in [-0.2, 0) is 15.6 Å². The molecule has 0 aromatic heterocycles. The number of azo groups is 1. The smallest absolute Gasteiger partial charge is 0.182 e. The molecule has 0 radical (unpaired) electrons. The van der Waals surface area contributed by atoms with E-state index >= 15 is 0 Å². The Bertz CT molecular complexity index is 417. The van der Waals surface area contributed by atoms with E-state index in [9.17, 15) is 9.00 Å². The SMILES string of the molecule is CC1(C)N=NC2([S@@]1=O)C(C)(C)C(=O)C2(C)C. The lowest BCUT2D eigenvalue weighted by Crippen LogP contribution is -2.75. The van der Waals surface area contributed by atoms with E-state index in [0.29, 0.717) is 0 Å². The topological polar surface area (TPSA) is 58.9 Å². The molecule has 0 aromatic carbocycles. The van der Waals surface area contributed by atoms with E-state index < -0.39 is 31.4 Å². The number of hydrogen-bond acceptors (Lipinski definition) is 4. The molecule has 90 valence electrons. The van der Waals surface area contributed by atoms with Crippen LogP contribution in [0.25, 0.3) is 0 Å². The lowest BCUT2D eigenvalue weighted by atomic mass is 9.50. The Morgan fingerprint density at radius 3 is 1.69 bits per heavy atom. The minimum Gasteiger partial charge on any atom is -0.298 e. The molecule has 1 heterocycles. The molecule has 0 bridgehead atoms. The summed E-state index contributed by atoms with van der Waals surface area (Å²) in [5, 5.41) is 8.39. The Balaban J connectivity index is 2.62. The number of Topliss-reactive ketones (excluding diaryl/α,β-unsaturated/α-hetero) is 1. The van der Waals surface area contributed by atoms with E-state index in [0.717, 1.165) is 0 Å². The molecular weight excluding hydrogens is 224 g/mol. The van der Waals surface area contributed by atoms with Crippen molar-refractivity contribution in [2.24, 2.45) is 21.1 Å². The molecule has 1 spiro atoms. The van der Waals surface area contributed by atoms with Gasteiger partial charge in [0.15, 0.2) is 15.5 Å². The summed E-state index contributed by atoms with van der Waals surface area (Å²) in [6.45, 7) is 10.9. The summed E-state index contributed by atoms with van der Waals surface area (Å²) in [5.74, 6) is 0.116. The summed E-state index contributed by atoms with van der Waals surface area (Å²) in [6, 6.07) is 0. The molecule has 0 aromatic rings. The number of rotatable bonds is 0. The zero-order chi connectivity index (χ0) is 12.6. The van der Waals surface area contributed by atoms with Crippen LogP contribution in [0.4, 0.5) is 0 Å². The van der Waals surface area contributed by atoms with Crippen LogP contribution in [0.3, 0.4) is 0 Å². The van der Waals surface area contributed by atoms with Gasteiger partial charge < -0.3 is 0 Å². The largest absolute Gasteiger partial charge is 0.298 e. The first-order valence-corrected chi connectivity index (χ1v) is 6.58. The summed E-state index contributed by atoms with van der Waals surface area (Å²) in [4.78, 5) is 10.6. The quantitative estimate of drug-likeness (QED) is 0.654. The predicted molar refractivity (Wildman–Crippen MR) is 62.4 cm³/mol. The van der Waals surface area contributed by atoms with Gasteiger partial charge in [0.05, 0.1) is 21.6 Å². The van der Waals surface area contributed by atoms with E-state index in [2.05, 4.69) is 10.2 Å². The highest BCUT2D eigenvalue weighted by atomic mass is 32.2. The van der Waals surface area contributed by atoms with E-state index in [-0.39, 0.29) is 5.78 Å². The Morgan fingerprint density at radius 1 is 0.938 bits per heavy atom. The summed E-state index contributed by atoms with van der Waals surface area (Å²) in [5.41, 5.74) is -1.36. The third-order valence-corrected chi connectivity index (χ3v) is 6.61. The predicted octanol–water partition coefficient (Wildman–Crippen LogP) is 2.27. The molecule has 1 atom stereocenters. The van der Waals surface area contributed by atoms with Crippen molar-refractivity contribution >= 4 is 16.6 Å². The fraction of sp³-hybridized carbons (Fsp3) is 0.909. The molecule has 0 N–H and O–H groups in total. The van der Waals surface area contributed by atoms with Crippen LogP contribution in [0.1, 0.15) is 41.5 Å². The molecule has 5 heteroatoms. The van der Waals surface area contributed by atoms with Crippen LogP contribution in [0.5, 0.6) is 0 Å². The zero-order valence-corrected chi connectivity index (χ0v) is 11.4. The third-order valence-electron chi connectivity index (χ3n) is 3.98. The lowest BCUT2D eigenvalue weighted by Gasteiger charge is -2.59. The molecule has 0 unspecified atom stereocenters. The first-order valence-electron chi connectivity index (χ1n) is 5.43. The second kappa shape index (κ2) is 2.63. The molecule has 4 nitrogen and oxygen atoms in total.